The molecule has 1 unspecified atom stereocenters. The number of aliphatic hydroxyl groups is 1. The van der Waals surface area contributed by atoms with E-state index < -0.39 is 46.6 Å². The molecule has 250 valence electrons. The largest absolute Gasteiger partial charge is 0.462 e. The van der Waals surface area contributed by atoms with E-state index in [0.29, 0.717) is 11.6 Å². The van der Waals surface area contributed by atoms with E-state index in [-0.39, 0.29) is 54.5 Å². The van der Waals surface area contributed by atoms with Gasteiger partial charge in [0, 0.05) is 45.1 Å². The number of aliphatic hydroxyl groups excluding tert-OH is 1. The monoisotopic (exact) mass is 870 g/mol. The predicted molar refractivity (Wildman–Crippen MR) is 184 cm³/mol. The first-order valence-electron chi connectivity index (χ1n) is 14.0. The maximum absolute atomic E-state index is 14.1. The number of ether oxygens (including phenoxy) is 2. The van der Waals surface area contributed by atoms with Gasteiger partial charge in [-0.3, -0.25) is 9.59 Å². The zero-order valence-electron chi connectivity index (χ0n) is 26.3. The van der Waals surface area contributed by atoms with Crippen LogP contribution in [0.25, 0.3) is 10.9 Å². The summed E-state index contributed by atoms with van der Waals surface area (Å²) in [5, 5.41) is 10.1. The van der Waals surface area contributed by atoms with Crippen LogP contribution >= 0.6 is 45.2 Å². The Morgan fingerprint density at radius 2 is 1.50 bits per heavy atom. The van der Waals surface area contributed by atoms with Gasteiger partial charge in [0.15, 0.2) is 0 Å². The number of rotatable bonds is 9. The molecule has 0 aliphatic heterocycles. The van der Waals surface area contributed by atoms with Gasteiger partial charge in [0.25, 0.3) is 0 Å². The zero-order chi connectivity index (χ0) is 35.1. The predicted octanol–water partition coefficient (Wildman–Crippen LogP) is 6.26. The van der Waals surface area contributed by atoms with E-state index >= 15 is 0 Å². The highest BCUT2D eigenvalue weighted by Gasteiger charge is 2.29. The number of hydrogen-bond donors (Lipinski definition) is 1. The van der Waals surface area contributed by atoms with Crippen molar-refractivity contribution in [2.75, 3.05) is 33.9 Å². The molecule has 0 spiro atoms. The quantitative estimate of drug-likeness (QED) is 0.0510. The second kappa shape index (κ2) is 16.7. The van der Waals surface area contributed by atoms with Crippen LogP contribution in [0.5, 0.6) is 0 Å². The van der Waals surface area contributed by atoms with Crippen molar-refractivity contribution in [1.82, 2.24) is 9.47 Å². The van der Waals surface area contributed by atoms with Crippen molar-refractivity contribution >= 4 is 73.8 Å². The molecule has 0 saturated heterocycles. The Labute approximate surface area is 292 Å². The fourth-order valence-corrected chi connectivity index (χ4v) is 5.18. The van der Waals surface area contributed by atoms with E-state index in [4.69, 9.17) is 9.47 Å². The molecule has 1 aromatic heterocycles. The normalized spacial score (nSPS) is 12.2. The van der Waals surface area contributed by atoms with Gasteiger partial charge in [-0.2, -0.15) is 0 Å². The molecular weight excluding hydrogens is 835 g/mol. The minimum absolute atomic E-state index is 0.0836. The highest BCUT2D eigenvalue weighted by atomic mass is 127. The number of carbonyl (C=O) groups is 3. The summed E-state index contributed by atoms with van der Waals surface area (Å²) in [6.45, 7) is 9.01. The summed E-state index contributed by atoms with van der Waals surface area (Å²) in [6, 6.07) is 3.92. The lowest BCUT2D eigenvalue weighted by Crippen LogP contribution is -2.31. The van der Waals surface area contributed by atoms with Crippen LogP contribution in [-0.4, -0.2) is 66.2 Å². The molecule has 14 heteroatoms. The van der Waals surface area contributed by atoms with Gasteiger partial charge in [0.2, 0.25) is 11.2 Å². The number of ketones is 1. The van der Waals surface area contributed by atoms with Gasteiger partial charge < -0.3 is 24.0 Å². The molecule has 0 amide bonds. The molecule has 46 heavy (non-hydrogen) atoms. The number of fused-ring (bicyclic) bond motifs is 1. The zero-order valence-corrected chi connectivity index (χ0v) is 30.7. The Bertz CT molecular complexity index is 1720. The van der Waals surface area contributed by atoms with E-state index in [2.05, 4.69) is 0 Å². The Morgan fingerprint density at radius 3 is 2.02 bits per heavy atom. The Morgan fingerprint density at radius 1 is 0.935 bits per heavy atom. The smallest absolute Gasteiger partial charge is 0.343 e. The van der Waals surface area contributed by atoms with Crippen molar-refractivity contribution in [3.63, 3.8) is 0 Å². The Hall–Kier alpha value is -2.99. The molecule has 0 aliphatic rings. The van der Waals surface area contributed by atoms with Crippen molar-refractivity contribution in [3.05, 3.63) is 88.2 Å². The van der Waals surface area contributed by atoms with Crippen molar-refractivity contribution in [2.24, 2.45) is 5.41 Å². The maximum atomic E-state index is 14.1. The number of pyridine rings is 1. The van der Waals surface area contributed by atoms with Crippen LogP contribution in [0.1, 0.15) is 61.4 Å². The van der Waals surface area contributed by atoms with Crippen LogP contribution in [-0.2, 0) is 14.3 Å². The van der Waals surface area contributed by atoms with Gasteiger partial charge in [0.05, 0.1) is 36.9 Å². The summed E-state index contributed by atoms with van der Waals surface area (Å²) in [6.07, 6.45) is 2.61. The number of esters is 2. The summed E-state index contributed by atoms with van der Waals surface area (Å²) in [4.78, 5) is 50.5. The van der Waals surface area contributed by atoms with Crippen LogP contribution in [0.3, 0.4) is 0 Å². The summed E-state index contributed by atoms with van der Waals surface area (Å²) < 4.78 is 52.9. The summed E-state index contributed by atoms with van der Waals surface area (Å²) in [7, 11) is 3.22. The molecule has 1 heterocycles. The molecular formula is C32H35F3I2N2O7. The number of hydrogen-bond acceptors (Lipinski definition) is 8. The number of aromatic nitrogens is 1. The van der Waals surface area contributed by atoms with E-state index in [1.54, 1.807) is 77.7 Å². The minimum Gasteiger partial charge on any atom is -0.462 e. The lowest BCUT2D eigenvalue weighted by molar-refractivity contribution is -0.138. The van der Waals surface area contributed by atoms with E-state index in [1.807, 2.05) is 20.8 Å². The first-order chi connectivity index (χ1) is 21.4. The van der Waals surface area contributed by atoms with Crippen LogP contribution in [0.4, 0.5) is 13.2 Å². The first kappa shape index (κ1) is 39.2. The average Bonchev–Trinajstić information content (AvgIpc) is 2.95. The SMILES string of the molecule is CCOC(=O)C(=CN(C)C)C(=O)c1cc(I)c(F)cc1F.CCOC(=O)c1cn(C(CO)C(C)(C)C)c2cc(F)c(I)cc2c1=O. The van der Waals surface area contributed by atoms with Crippen molar-refractivity contribution in [1.29, 1.82) is 0 Å². The van der Waals surface area contributed by atoms with Crippen LogP contribution in [0.15, 0.2) is 47.0 Å². The molecule has 1 atom stereocenters. The maximum Gasteiger partial charge on any atom is 0.343 e. The number of benzene rings is 2. The van der Waals surface area contributed by atoms with E-state index in [9.17, 15) is 37.5 Å². The average molecular weight is 870 g/mol. The second-order valence-electron chi connectivity index (χ2n) is 11.1. The van der Waals surface area contributed by atoms with Crippen molar-refractivity contribution in [2.45, 2.75) is 40.7 Å². The fraction of sp³-hybridized carbons (Fsp3) is 0.375. The number of carbonyl (C=O) groups excluding carboxylic acids is 3. The highest BCUT2D eigenvalue weighted by Crippen LogP contribution is 2.33. The van der Waals surface area contributed by atoms with Crippen molar-refractivity contribution < 1.29 is 42.1 Å². The summed E-state index contributed by atoms with van der Waals surface area (Å²) >= 11 is 3.44. The van der Waals surface area contributed by atoms with Gasteiger partial charge in [0.1, 0.15) is 28.6 Å². The van der Waals surface area contributed by atoms with Crippen LogP contribution in [0.2, 0.25) is 0 Å². The summed E-state index contributed by atoms with van der Waals surface area (Å²) in [5.41, 5.74) is -1.37. The highest BCUT2D eigenvalue weighted by molar-refractivity contribution is 14.1. The van der Waals surface area contributed by atoms with Crippen LogP contribution in [0, 0.1) is 30.0 Å². The molecule has 1 N–H and O–H groups in total. The van der Waals surface area contributed by atoms with Crippen molar-refractivity contribution in [3.8, 4) is 0 Å². The molecule has 2 aromatic carbocycles. The van der Waals surface area contributed by atoms with E-state index in [1.165, 1.54) is 29.4 Å². The van der Waals surface area contributed by atoms with Crippen LogP contribution < -0.4 is 5.43 Å². The second-order valence-corrected chi connectivity index (χ2v) is 13.5. The molecule has 0 bridgehead atoms. The molecule has 3 aromatic rings. The Kier molecular flexibility index (Phi) is 14.2. The number of halogens is 5. The molecule has 0 saturated carbocycles. The first-order valence-corrected chi connectivity index (χ1v) is 16.1. The van der Waals surface area contributed by atoms with Gasteiger partial charge >= 0.3 is 11.9 Å². The topological polar surface area (TPSA) is 115 Å². The van der Waals surface area contributed by atoms with E-state index in [0.717, 1.165) is 6.07 Å². The van der Waals surface area contributed by atoms with Gasteiger partial charge in [-0.15, -0.1) is 0 Å². The lowest BCUT2D eigenvalue weighted by atomic mass is 9.86. The molecule has 3 rings (SSSR count). The number of nitrogens with zero attached hydrogens (tertiary/aromatic N) is 2. The molecule has 0 radical (unpaired) electrons. The molecule has 9 nitrogen and oxygen atoms in total. The summed E-state index contributed by atoms with van der Waals surface area (Å²) in [5.74, 6) is -4.68. The number of Topliss-reactive ketones (excluding diaryl/α,β-unsaturated/α-hetero) is 1. The third-order valence-corrected chi connectivity index (χ3v) is 8.11. The standard InChI is InChI=1S/C18H21FINO4.C14H14F2INO3/c1-5-25-17(24)11-8-21(15(9-22)18(2,3)4)14-7-12(19)13(20)6-10(14)16(11)23;1-4-21-14(20)9(7-18(2)3)13(19)8-5-12(17)11(16)6-10(8)15/h6-8,15,22H,5,9H2,1-4H3;5-7H,4H2,1-3H3. The Balaban J connectivity index is 0.000000326. The third-order valence-electron chi connectivity index (χ3n) is 6.46. The van der Waals surface area contributed by atoms with Gasteiger partial charge in [-0.25, -0.2) is 22.8 Å². The van der Waals surface area contributed by atoms with Gasteiger partial charge in [-0.05, 0) is 82.6 Å². The minimum atomic E-state index is -1.02. The molecule has 0 aliphatic carbocycles. The fourth-order valence-electron chi connectivity index (χ4n) is 4.25. The lowest BCUT2D eigenvalue weighted by Gasteiger charge is -2.33. The third kappa shape index (κ3) is 9.53. The molecule has 0 fully saturated rings. The van der Waals surface area contributed by atoms with Gasteiger partial charge in [-0.1, -0.05) is 20.8 Å².